The average molecular weight is 292 g/mol. The number of rotatable bonds is 2. The van der Waals surface area contributed by atoms with Gasteiger partial charge in [0.1, 0.15) is 0 Å². The first-order valence-electron chi connectivity index (χ1n) is 6.48. The fourth-order valence-electron chi connectivity index (χ4n) is 2.53. The number of thiazole rings is 1. The highest BCUT2D eigenvalue weighted by molar-refractivity contribution is 7.12. The van der Waals surface area contributed by atoms with E-state index in [2.05, 4.69) is 4.98 Å². The van der Waals surface area contributed by atoms with Gasteiger partial charge in [-0.2, -0.15) is 0 Å². The van der Waals surface area contributed by atoms with Gasteiger partial charge in [-0.05, 0) is 36.8 Å². The second-order valence-electron chi connectivity index (χ2n) is 4.89. The lowest BCUT2D eigenvalue weighted by molar-refractivity contribution is 0.0711. The van der Waals surface area contributed by atoms with Gasteiger partial charge in [0.15, 0.2) is 0 Å². The lowest BCUT2D eigenvalue weighted by Gasteiger charge is -2.31. The van der Waals surface area contributed by atoms with E-state index in [0.717, 1.165) is 36.4 Å². The predicted molar refractivity (Wildman–Crippen MR) is 79.0 cm³/mol. The number of aryl methyl sites for hydroxylation is 1. The standard InChI is InChI=1S/C14H16N2OS2/c1-10-4-7-18-12(10)14(17)16-6-2-3-11(9-16)13-15-5-8-19-13/h4-5,7-8,11H,2-3,6,9H2,1H3/t11-/m1/s1. The van der Waals surface area contributed by atoms with Crippen molar-refractivity contribution < 1.29 is 4.79 Å². The van der Waals surface area contributed by atoms with E-state index >= 15 is 0 Å². The molecule has 1 aliphatic heterocycles. The largest absolute Gasteiger partial charge is 0.337 e. The molecule has 0 aliphatic carbocycles. The van der Waals surface area contributed by atoms with Gasteiger partial charge in [-0.3, -0.25) is 4.79 Å². The molecule has 0 N–H and O–H groups in total. The van der Waals surface area contributed by atoms with Gasteiger partial charge >= 0.3 is 0 Å². The molecule has 3 heterocycles. The molecule has 0 aromatic carbocycles. The highest BCUT2D eigenvalue weighted by Gasteiger charge is 2.27. The van der Waals surface area contributed by atoms with E-state index in [1.54, 1.807) is 22.7 Å². The summed E-state index contributed by atoms with van der Waals surface area (Å²) in [6.07, 6.45) is 4.06. The molecule has 3 nitrogen and oxygen atoms in total. The zero-order chi connectivity index (χ0) is 13.2. The number of amides is 1. The van der Waals surface area contributed by atoms with E-state index in [9.17, 15) is 4.79 Å². The highest BCUT2D eigenvalue weighted by atomic mass is 32.1. The molecule has 19 heavy (non-hydrogen) atoms. The number of thiophene rings is 1. The third-order valence-electron chi connectivity index (χ3n) is 3.57. The molecule has 2 aromatic heterocycles. The maximum absolute atomic E-state index is 12.5. The van der Waals surface area contributed by atoms with Gasteiger partial charge in [0.05, 0.1) is 9.88 Å². The first-order chi connectivity index (χ1) is 9.25. The fraction of sp³-hybridized carbons (Fsp3) is 0.429. The minimum absolute atomic E-state index is 0.189. The number of hydrogen-bond acceptors (Lipinski definition) is 4. The Labute approximate surface area is 120 Å². The van der Waals surface area contributed by atoms with Crippen LogP contribution in [0.5, 0.6) is 0 Å². The Morgan fingerprint density at radius 3 is 3.00 bits per heavy atom. The summed E-state index contributed by atoms with van der Waals surface area (Å²) in [5.74, 6) is 0.603. The Kier molecular flexibility index (Phi) is 3.66. The molecule has 1 fully saturated rings. The number of nitrogens with zero attached hydrogens (tertiary/aromatic N) is 2. The second kappa shape index (κ2) is 5.43. The number of carbonyl (C=O) groups excluding carboxylic acids is 1. The summed E-state index contributed by atoms with van der Waals surface area (Å²) >= 11 is 3.24. The first kappa shape index (κ1) is 12.8. The van der Waals surface area contributed by atoms with Gasteiger partial charge in [0.25, 0.3) is 5.91 Å². The Morgan fingerprint density at radius 1 is 1.42 bits per heavy atom. The SMILES string of the molecule is Cc1ccsc1C(=O)N1CCC[C@@H](c2nccs2)C1. The molecule has 5 heteroatoms. The number of likely N-dealkylation sites (tertiary alicyclic amines) is 1. The van der Waals surface area contributed by atoms with Crippen molar-refractivity contribution in [3.05, 3.63) is 38.5 Å². The van der Waals surface area contributed by atoms with Gasteiger partial charge in [-0.1, -0.05) is 0 Å². The molecule has 1 aliphatic rings. The lowest BCUT2D eigenvalue weighted by atomic mass is 9.98. The topological polar surface area (TPSA) is 33.2 Å². The number of carbonyl (C=O) groups is 1. The minimum atomic E-state index is 0.189. The normalized spacial score (nSPS) is 19.6. The Bertz CT molecular complexity index is 562. The van der Waals surface area contributed by atoms with E-state index in [-0.39, 0.29) is 5.91 Å². The summed E-state index contributed by atoms with van der Waals surface area (Å²) in [6.45, 7) is 3.69. The summed E-state index contributed by atoms with van der Waals surface area (Å²) in [6, 6.07) is 2.01. The summed E-state index contributed by atoms with van der Waals surface area (Å²) < 4.78 is 0. The van der Waals surface area contributed by atoms with Gasteiger partial charge < -0.3 is 4.90 Å². The van der Waals surface area contributed by atoms with Gasteiger partial charge in [0.2, 0.25) is 0 Å². The fourth-order valence-corrected chi connectivity index (χ4v) is 4.19. The summed E-state index contributed by atoms with van der Waals surface area (Å²) in [5, 5.41) is 5.17. The van der Waals surface area contributed by atoms with Crippen LogP contribution >= 0.6 is 22.7 Å². The van der Waals surface area contributed by atoms with Crippen LogP contribution in [0.2, 0.25) is 0 Å². The third kappa shape index (κ3) is 2.58. The van der Waals surface area contributed by atoms with Crippen molar-refractivity contribution in [2.45, 2.75) is 25.7 Å². The van der Waals surface area contributed by atoms with Crippen molar-refractivity contribution in [2.75, 3.05) is 13.1 Å². The van der Waals surface area contributed by atoms with E-state index in [1.165, 1.54) is 5.01 Å². The van der Waals surface area contributed by atoms with Crippen molar-refractivity contribution >= 4 is 28.6 Å². The average Bonchev–Trinajstić information content (AvgIpc) is 3.09. The predicted octanol–water partition coefficient (Wildman–Crippen LogP) is 3.53. The molecule has 0 bridgehead atoms. The van der Waals surface area contributed by atoms with Crippen molar-refractivity contribution in [1.82, 2.24) is 9.88 Å². The minimum Gasteiger partial charge on any atom is -0.337 e. The Hall–Kier alpha value is -1.20. The van der Waals surface area contributed by atoms with E-state index in [1.807, 2.05) is 34.8 Å². The highest BCUT2D eigenvalue weighted by Crippen LogP contribution is 2.29. The molecule has 1 saturated heterocycles. The van der Waals surface area contributed by atoms with Gasteiger partial charge in [-0.25, -0.2) is 4.98 Å². The molecule has 3 rings (SSSR count). The van der Waals surface area contributed by atoms with Crippen LogP contribution in [0.1, 0.15) is 39.0 Å². The zero-order valence-electron chi connectivity index (χ0n) is 10.8. The van der Waals surface area contributed by atoms with Crippen LogP contribution in [0.25, 0.3) is 0 Å². The quantitative estimate of drug-likeness (QED) is 0.848. The van der Waals surface area contributed by atoms with Gasteiger partial charge in [0, 0.05) is 30.6 Å². The molecule has 1 amide bonds. The van der Waals surface area contributed by atoms with Crippen molar-refractivity contribution in [2.24, 2.45) is 0 Å². The van der Waals surface area contributed by atoms with Crippen LogP contribution < -0.4 is 0 Å². The van der Waals surface area contributed by atoms with E-state index < -0.39 is 0 Å². The molecular formula is C14H16N2OS2. The molecule has 0 spiro atoms. The first-order valence-corrected chi connectivity index (χ1v) is 8.24. The molecule has 2 aromatic rings. The van der Waals surface area contributed by atoms with Gasteiger partial charge in [-0.15, -0.1) is 22.7 Å². The van der Waals surface area contributed by atoms with Crippen LogP contribution in [0.15, 0.2) is 23.0 Å². The molecule has 100 valence electrons. The molecule has 0 radical (unpaired) electrons. The molecule has 0 saturated carbocycles. The smallest absolute Gasteiger partial charge is 0.264 e. The van der Waals surface area contributed by atoms with Crippen molar-refractivity contribution in [1.29, 1.82) is 0 Å². The third-order valence-corrected chi connectivity index (χ3v) is 5.51. The molecule has 1 atom stereocenters. The number of piperidine rings is 1. The number of aromatic nitrogens is 1. The van der Waals surface area contributed by atoms with Crippen LogP contribution in [0.3, 0.4) is 0 Å². The van der Waals surface area contributed by atoms with Crippen molar-refractivity contribution in [3.8, 4) is 0 Å². The summed E-state index contributed by atoms with van der Waals surface area (Å²) in [7, 11) is 0. The Balaban J connectivity index is 1.75. The summed E-state index contributed by atoms with van der Waals surface area (Å²) in [5.41, 5.74) is 1.09. The summed E-state index contributed by atoms with van der Waals surface area (Å²) in [4.78, 5) is 19.8. The van der Waals surface area contributed by atoms with Crippen LogP contribution in [0, 0.1) is 6.92 Å². The van der Waals surface area contributed by atoms with Crippen LogP contribution in [-0.4, -0.2) is 28.9 Å². The zero-order valence-corrected chi connectivity index (χ0v) is 12.5. The molecule has 0 unspecified atom stereocenters. The lowest BCUT2D eigenvalue weighted by Crippen LogP contribution is -2.39. The van der Waals surface area contributed by atoms with Crippen LogP contribution in [-0.2, 0) is 0 Å². The second-order valence-corrected chi connectivity index (χ2v) is 6.74. The molecular weight excluding hydrogens is 276 g/mol. The van der Waals surface area contributed by atoms with E-state index in [0.29, 0.717) is 5.92 Å². The van der Waals surface area contributed by atoms with E-state index in [4.69, 9.17) is 0 Å². The maximum atomic E-state index is 12.5. The Morgan fingerprint density at radius 2 is 2.32 bits per heavy atom. The monoisotopic (exact) mass is 292 g/mol. The maximum Gasteiger partial charge on any atom is 0.264 e. The van der Waals surface area contributed by atoms with Crippen molar-refractivity contribution in [3.63, 3.8) is 0 Å². The number of hydrogen-bond donors (Lipinski definition) is 0. The van der Waals surface area contributed by atoms with Crippen LogP contribution in [0.4, 0.5) is 0 Å².